The number of hydrogen-bond acceptors (Lipinski definition) is 5. The van der Waals surface area contributed by atoms with Gasteiger partial charge in [0.05, 0.1) is 25.0 Å². The monoisotopic (exact) mass is 477 g/mol. The molecule has 0 bridgehead atoms. The van der Waals surface area contributed by atoms with Crippen molar-refractivity contribution in [3.63, 3.8) is 0 Å². The highest BCUT2D eigenvalue weighted by Crippen LogP contribution is 2.31. The number of hydrogen-bond donors (Lipinski definition) is 3. The molecule has 0 aliphatic carbocycles. The summed E-state index contributed by atoms with van der Waals surface area (Å²) in [5.74, 6) is 1.21. The smallest absolute Gasteiger partial charge is 0.315 e. The molecule has 0 fully saturated rings. The maximum atomic E-state index is 12.5. The van der Waals surface area contributed by atoms with Crippen molar-refractivity contribution in [1.82, 2.24) is 15.4 Å². The van der Waals surface area contributed by atoms with Crippen LogP contribution in [0.15, 0.2) is 42.5 Å². The van der Waals surface area contributed by atoms with Gasteiger partial charge in [0.15, 0.2) is 11.5 Å². The van der Waals surface area contributed by atoms with Crippen LogP contribution < -0.4 is 24.8 Å². The van der Waals surface area contributed by atoms with Gasteiger partial charge in [-0.3, -0.25) is 0 Å². The zero-order valence-corrected chi connectivity index (χ0v) is 20.6. The van der Waals surface area contributed by atoms with Crippen LogP contribution in [0.5, 0.6) is 11.5 Å². The summed E-state index contributed by atoms with van der Waals surface area (Å²) >= 11 is 0. The lowest BCUT2D eigenvalue weighted by Crippen LogP contribution is -2.36. The van der Waals surface area contributed by atoms with Gasteiger partial charge in [0.25, 0.3) is 0 Å². The summed E-state index contributed by atoms with van der Waals surface area (Å²) in [6.45, 7) is 7.37. The molecule has 0 aliphatic heterocycles. The van der Waals surface area contributed by atoms with Crippen LogP contribution in [-0.2, 0) is 22.3 Å². The Balaban J connectivity index is 2.02. The minimum atomic E-state index is -3.41. The molecule has 0 radical (unpaired) electrons. The lowest BCUT2D eigenvalue weighted by Gasteiger charge is -2.18. The summed E-state index contributed by atoms with van der Waals surface area (Å²) in [6.07, 6.45) is 1.78. The number of amides is 2. The van der Waals surface area contributed by atoms with Crippen LogP contribution in [-0.4, -0.2) is 34.7 Å². The summed E-state index contributed by atoms with van der Waals surface area (Å²) in [5, 5.41) is 5.73. The van der Waals surface area contributed by atoms with E-state index in [0.29, 0.717) is 30.3 Å². The van der Waals surface area contributed by atoms with E-state index in [1.165, 1.54) is 7.05 Å². The van der Waals surface area contributed by atoms with Crippen molar-refractivity contribution in [2.45, 2.75) is 52.0 Å². The summed E-state index contributed by atoms with van der Waals surface area (Å²) in [6, 6.07) is 12.2. The van der Waals surface area contributed by atoms with Gasteiger partial charge < -0.3 is 20.1 Å². The number of carbonyl (C=O) groups is 1. The molecule has 0 saturated carbocycles. The topological polar surface area (TPSA) is 106 Å². The van der Waals surface area contributed by atoms with E-state index in [0.717, 1.165) is 24.0 Å². The number of sulfonamides is 1. The van der Waals surface area contributed by atoms with Crippen LogP contribution in [0.25, 0.3) is 0 Å². The maximum Gasteiger partial charge on any atom is 0.315 e. The Morgan fingerprint density at radius 2 is 1.61 bits per heavy atom. The second-order valence-electron chi connectivity index (χ2n) is 7.68. The summed E-state index contributed by atoms with van der Waals surface area (Å²) in [7, 11) is -2.03. The Bertz CT molecular complexity index is 1010. The SMILES string of the molecule is CCCOc1ccc(C(C)NC(=O)NCc2ccccc2CS(=O)(=O)NC)cc1OCCC. The van der Waals surface area contributed by atoms with Crippen LogP contribution in [0.2, 0.25) is 0 Å². The molecule has 1 atom stereocenters. The maximum absolute atomic E-state index is 12.5. The number of urea groups is 1. The third-order valence-electron chi connectivity index (χ3n) is 4.95. The van der Waals surface area contributed by atoms with Crippen molar-refractivity contribution in [3.8, 4) is 11.5 Å². The predicted molar refractivity (Wildman–Crippen MR) is 130 cm³/mol. The molecular weight excluding hydrogens is 442 g/mol. The van der Waals surface area contributed by atoms with Crippen LogP contribution in [0.1, 0.15) is 56.3 Å². The molecule has 2 amide bonds. The molecule has 9 heteroatoms. The van der Waals surface area contributed by atoms with Crippen molar-refractivity contribution >= 4 is 16.1 Å². The van der Waals surface area contributed by atoms with Gasteiger partial charge >= 0.3 is 6.03 Å². The first-order chi connectivity index (χ1) is 15.8. The predicted octanol–water partition coefficient (Wildman–Crippen LogP) is 3.87. The van der Waals surface area contributed by atoms with Gasteiger partial charge in [-0.1, -0.05) is 44.2 Å². The number of rotatable bonds is 13. The fraction of sp³-hybridized carbons (Fsp3) is 0.458. The fourth-order valence-corrected chi connectivity index (χ4v) is 3.94. The van der Waals surface area contributed by atoms with Gasteiger partial charge in [-0.15, -0.1) is 0 Å². The standard InChI is InChI=1S/C24H35N3O5S/c1-5-13-31-22-12-11-19(15-23(22)32-14-6-2)18(3)27-24(28)26-16-20-9-7-8-10-21(20)17-33(29,30)25-4/h7-12,15,18,25H,5-6,13-14,16-17H2,1-4H3,(H2,26,27,28). The highest BCUT2D eigenvalue weighted by atomic mass is 32.2. The summed E-state index contributed by atoms with van der Waals surface area (Å²) < 4.78 is 37.7. The number of nitrogens with one attached hydrogen (secondary N) is 3. The van der Waals surface area contributed by atoms with Gasteiger partial charge in [0.1, 0.15) is 0 Å². The fourth-order valence-electron chi connectivity index (χ4n) is 3.10. The van der Waals surface area contributed by atoms with E-state index in [-0.39, 0.29) is 24.4 Å². The van der Waals surface area contributed by atoms with Gasteiger partial charge in [0.2, 0.25) is 10.0 Å². The van der Waals surface area contributed by atoms with Gasteiger partial charge in [-0.2, -0.15) is 0 Å². The Morgan fingerprint density at radius 3 is 2.24 bits per heavy atom. The molecule has 182 valence electrons. The molecule has 3 N–H and O–H groups in total. The van der Waals surface area contributed by atoms with Crippen LogP contribution >= 0.6 is 0 Å². The molecule has 1 unspecified atom stereocenters. The third-order valence-corrected chi connectivity index (χ3v) is 6.27. The second-order valence-corrected chi connectivity index (χ2v) is 9.61. The molecule has 33 heavy (non-hydrogen) atoms. The first-order valence-electron chi connectivity index (χ1n) is 11.2. The molecule has 0 spiro atoms. The number of carbonyl (C=O) groups excluding carboxylic acids is 1. The molecule has 8 nitrogen and oxygen atoms in total. The third kappa shape index (κ3) is 8.58. The van der Waals surface area contributed by atoms with E-state index in [1.54, 1.807) is 18.2 Å². The van der Waals surface area contributed by atoms with E-state index in [1.807, 2.05) is 45.0 Å². The van der Waals surface area contributed by atoms with Gasteiger partial charge in [0, 0.05) is 6.54 Å². The lowest BCUT2D eigenvalue weighted by atomic mass is 10.1. The van der Waals surface area contributed by atoms with Crippen molar-refractivity contribution in [2.24, 2.45) is 0 Å². The molecule has 2 aromatic rings. The Morgan fingerprint density at radius 1 is 0.970 bits per heavy atom. The molecule has 2 aromatic carbocycles. The van der Waals surface area contributed by atoms with Crippen LogP contribution in [0, 0.1) is 0 Å². The molecule has 2 rings (SSSR count). The van der Waals surface area contributed by atoms with Gasteiger partial charge in [-0.25, -0.2) is 17.9 Å². The van der Waals surface area contributed by atoms with Gasteiger partial charge in [-0.05, 0) is 55.6 Å². The normalized spacial score (nSPS) is 12.1. The molecule has 0 aliphatic rings. The molecular formula is C24H35N3O5S. The summed E-state index contributed by atoms with van der Waals surface area (Å²) in [5.41, 5.74) is 2.27. The zero-order chi connectivity index (χ0) is 24.3. The second kappa shape index (κ2) is 13.1. The highest BCUT2D eigenvalue weighted by Gasteiger charge is 2.15. The Hall–Kier alpha value is -2.78. The van der Waals surface area contributed by atoms with Crippen molar-refractivity contribution < 1.29 is 22.7 Å². The number of ether oxygens (including phenoxy) is 2. The zero-order valence-electron chi connectivity index (χ0n) is 19.8. The largest absolute Gasteiger partial charge is 0.490 e. The minimum Gasteiger partial charge on any atom is -0.490 e. The van der Waals surface area contributed by atoms with E-state index in [2.05, 4.69) is 15.4 Å². The van der Waals surface area contributed by atoms with E-state index in [9.17, 15) is 13.2 Å². The molecule has 0 aromatic heterocycles. The van der Waals surface area contributed by atoms with E-state index < -0.39 is 10.0 Å². The van der Waals surface area contributed by atoms with Crippen molar-refractivity contribution in [2.75, 3.05) is 20.3 Å². The van der Waals surface area contributed by atoms with E-state index in [4.69, 9.17) is 9.47 Å². The Kier molecular flexibility index (Phi) is 10.5. The van der Waals surface area contributed by atoms with Crippen LogP contribution in [0.4, 0.5) is 4.79 Å². The summed E-state index contributed by atoms with van der Waals surface area (Å²) in [4.78, 5) is 12.5. The van der Waals surface area contributed by atoms with Crippen molar-refractivity contribution in [1.29, 1.82) is 0 Å². The number of benzene rings is 2. The molecule has 0 saturated heterocycles. The first-order valence-corrected chi connectivity index (χ1v) is 12.9. The minimum absolute atomic E-state index is 0.146. The Labute approximate surface area is 197 Å². The highest BCUT2D eigenvalue weighted by molar-refractivity contribution is 7.88. The lowest BCUT2D eigenvalue weighted by molar-refractivity contribution is 0.237. The average molecular weight is 478 g/mol. The van der Waals surface area contributed by atoms with Crippen LogP contribution in [0.3, 0.4) is 0 Å². The first kappa shape index (κ1) is 26.5. The van der Waals surface area contributed by atoms with Crippen molar-refractivity contribution in [3.05, 3.63) is 59.2 Å². The van der Waals surface area contributed by atoms with E-state index >= 15 is 0 Å². The average Bonchev–Trinajstić information content (AvgIpc) is 2.80. The molecule has 0 heterocycles. The quantitative estimate of drug-likeness (QED) is 0.406.